The Bertz CT molecular complexity index is 913. The van der Waals surface area contributed by atoms with Crippen LogP contribution in [0.25, 0.3) is 0 Å². The number of amides is 1. The van der Waals surface area contributed by atoms with E-state index in [9.17, 15) is 4.79 Å². The zero-order valence-corrected chi connectivity index (χ0v) is 15.5. The van der Waals surface area contributed by atoms with Gasteiger partial charge in [0.25, 0.3) is 5.91 Å². The van der Waals surface area contributed by atoms with E-state index in [4.69, 9.17) is 0 Å². The van der Waals surface area contributed by atoms with E-state index in [1.807, 2.05) is 55.5 Å². The summed E-state index contributed by atoms with van der Waals surface area (Å²) in [5.74, 6) is 0.831. The second-order valence-electron chi connectivity index (χ2n) is 5.59. The van der Waals surface area contributed by atoms with Crippen LogP contribution < -0.4 is 10.6 Å². The fourth-order valence-corrected chi connectivity index (χ4v) is 2.58. The number of halogens is 1. The summed E-state index contributed by atoms with van der Waals surface area (Å²) in [5, 5.41) is 6.05. The van der Waals surface area contributed by atoms with Crippen LogP contribution >= 0.6 is 15.9 Å². The number of nitrogens with one attached hydrogen (secondary N) is 2. The Morgan fingerprint density at radius 1 is 0.960 bits per heavy atom. The van der Waals surface area contributed by atoms with Crippen LogP contribution in [0, 0.1) is 13.8 Å². The molecule has 0 spiro atoms. The molecule has 6 heteroatoms. The van der Waals surface area contributed by atoms with Crippen molar-refractivity contribution in [2.24, 2.45) is 0 Å². The predicted octanol–water partition coefficient (Wildman–Crippen LogP) is 4.85. The SMILES string of the molecule is Cc1nc(Nc2ccccc2)cc(C(=O)Nc2ccc(Br)c(C)c2)n1. The lowest BCUT2D eigenvalue weighted by Crippen LogP contribution is -2.15. The zero-order valence-electron chi connectivity index (χ0n) is 13.9. The number of carbonyl (C=O) groups excluding carboxylic acids is 1. The molecule has 2 N–H and O–H groups in total. The molecule has 3 rings (SSSR count). The van der Waals surface area contributed by atoms with Gasteiger partial charge in [0.15, 0.2) is 0 Å². The Morgan fingerprint density at radius 3 is 2.44 bits per heavy atom. The van der Waals surface area contributed by atoms with Crippen molar-refractivity contribution in [3.8, 4) is 0 Å². The molecule has 0 aliphatic heterocycles. The number of aryl methyl sites for hydroxylation is 2. The quantitative estimate of drug-likeness (QED) is 0.661. The highest BCUT2D eigenvalue weighted by molar-refractivity contribution is 9.10. The van der Waals surface area contributed by atoms with E-state index in [0.717, 1.165) is 21.4 Å². The normalized spacial score (nSPS) is 10.4. The number of nitrogens with zero attached hydrogens (tertiary/aromatic N) is 2. The standard InChI is InChI=1S/C19H17BrN4O/c1-12-10-15(8-9-16(12)20)24-19(25)17-11-18(22-13(2)21-17)23-14-6-4-3-5-7-14/h3-11H,1-2H3,(H,24,25)(H,21,22,23). The van der Waals surface area contributed by atoms with Crippen molar-refractivity contribution in [3.05, 3.63) is 76.2 Å². The number of aromatic nitrogens is 2. The Kier molecular flexibility index (Phi) is 5.09. The van der Waals surface area contributed by atoms with E-state index < -0.39 is 0 Å². The van der Waals surface area contributed by atoms with Crippen LogP contribution in [-0.2, 0) is 0 Å². The zero-order chi connectivity index (χ0) is 17.8. The van der Waals surface area contributed by atoms with Gasteiger partial charge in [0.05, 0.1) is 0 Å². The lowest BCUT2D eigenvalue weighted by atomic mass is 10.2. The summed E-state index contributed by atoms with van der Waals surface area (Å²) < 4.78 is 0.998. The second kappa shape index (κ2) is 7.44. The number of rotatable bonds is 4. The van der Waals surface area contributed by atoms with E-state index in [-0.39, 0.29) is 5.91 Å². The van der Waals surface area contributed by atoms with Gasteiger partial charge in [-0.1, -0.05) is 34.1 Å². The molecular formula is C19H17BrN4O. The molecule has 0 radical (unpaired) electrons. The first-order chi connectivity index (χ1) is 12.0. The first-order valence-electron chi connectivity index (χ1n) is 7.76. The van der Waals surface area contributed by atoms with Crippen molar-refractivity contribution in [1.82, 2.24) is 9.97 Å². The van der Waals surface area contributed by atoms with Gasteiger partial charge in [0.1, 0.15) is 17.3 Å². The molecule has 5 nitrogen and oxygen atoms in total. The van der Waals surface area contributed by atoms with Crippen molar-refractivity contribution in [1.29, 1.82) is 0 Å². The van der Waals surface area contributed by atoms with Gasteiger partial charge in [-0.25, -0.2) is 9.97 Å². The maximum Gasteiger partial charge on any atom is 0.274 e. The molecule has 2 aromatic carbocycles. The molecule has 0 unspecified atom stereocenters. The van der Waals surface area contributed by atoms with E-state index >= 15 is 0 Å². The van der Waals surface area contributed by atoms with Crippen LogP contribution in [-0.4, -0.2) is 15.9 Å². The third kappa shape index (κ3) is 4.42. The summed E-state index contributed by atoms with van der Waals surface area (Å²) in [5.41, 5.74) is 2.98. The Hall–Kier alpha value is -2.73. The lowest BCUT2D eigenvalue weighted by Gasteiger charge is -2.10. The predicted molar refractivity (Wildman–Crippen MR) is 103 cm³/mol. The molecule has 3 aromatic rings. The Balaban J connectivity index is 1.81. The summed E-state index contributed by atoms with van der Waals surface area (Å²) in [7, 11) is 0. The number of hydrogen-bond donors (Lipinski definition) is 2. The van der Waals surface area contributed by atoms with Crippen LogP contribution in [0.1, 0.15) is 21.9 Å². The van der Waals surface area contributed by atoms with Gasteiger partial charge in [-0.05, 0) is 49.7 Å². The number of carbonyl (C=O) groups is 1. The van der Waals surface area contributed by atoms with Gasteiger partial charge in [0, 0.05) is 21.9 Å². The van der Waals surface area contributed by atoms with Crippen molar-refractivity contribution in [2.45, 2.75) is 13.8 Å². The van der Waals surface area contributed by atoms with Crippen LogP contribution in [0.3, 0.4) is 0 Å². The maximum absolute atomic E-state index is 12.5. The fraction of sp³-hybridized carbons (Fsp3) is 0.105. The molecule has 1 aromatic heterocycles. The molecule has 0 fully saturated rings. The van der Waals surface area contributed by atoms with Crippen molar-refractivity contribution < 1.29 is 4.79 Å². The van der Waals surface area contributed by atoms with E-state index in [1.54, 1.807) is 13.0 Å². The first-order valence-corrected chi connectivity index (χ1v) is 8.56. The average molecular weight is 397 g/mol. The number of benzene rings is 2. The smallest absolute Gasteiger partial charge is 0.274 e. The second-order valence-corrected chi connectivity index (χ2v) is 6.45. The highest BCUT2D eigenvalue weighted by Gasteiger charge is 2.11. The maximum atomic E-state index is 12.5. The lowest BCUT2D eigenvalue weighted by molar-refractivity contribution is 0.102. The first kappa shape index (κ1) is 17.1. The van der Waals surface area contributed by atoms with Gasteiger partial charge in [-0.2, -0.15) is 0 Å². The van der Waals surface area contributed by atoms with Gasteiger partial charge in [0.2, 0.25) is 0 Å². The van der Waals surface area contributed by atoms with Crippen LogP contribution in [0.5, 0.6) is 0 Å². The van der Waals surface area contributed by atoms with Crippen LogP contribution in [0.15, 0.2) is 59.1 Å². The van der Waals surface area contributed by atoms with Gasteiger partial charge < -0.3 is 10.6 Å². The van der Waals surface area contributed by atoms with Crippen LogP contribution in [0.2, 0.25) is 0 Å². The van der Waals surface area contributed by atoms with E-state index in [1.165, 1.54) is 0 Å². The molecule has 1 amide bonds. The Labute approximate surface area is 154 Å². The van der Waals surface area contributed by atoms with Crippen LogP contribution in [0.4, 0.5) is 17.2 Å². The fourth-order valence-electron chi connectivity index (χ4n) is 2.33. The summed E-state index contributed by atoms with van der Waals surface area (Å²) in [6.45, 7) is 3.73. The molecule has 0 bridgehead atoms. The third-order valence-corrected chi connectivity index (χ3v) is 4.42. The van der Waals surface area contributed by atoms with E-state index in [0.29, 0.717) is 17.3 Å². The van der Waals surface area contributed by atoms with Gasteiger partial charge in [-0.15, -0.1) is 0 Å². The minimum absolute atomic E-state index is 0.275. The molecule has 0 saturated carbocycles. The minimum atomic E-state index is -0.275. The number of anilines is 3. The minimum Gasteiger partial charge on any atom is -0.340 e. The number of para-hydroxylation sites is 1. The summed E-state index contributed by atoms with van der Waals surface area (Å²) >= 11 is 3.45. The van der Waals surface area contributed by atoms with E-state index in [2.05, 4.69) is 36.5 Å². The largest absolute Gasteiger partial charge is 0.340 e. The molecule has 126 valence electrons. The molecule has 25 heavy (non-hydrogen) atoms. The highest BCUT2D eigenvalue weighted by Crippen LogP contribution is 2.21. The average Bonchev–Trinajstić information content (AvgIpc) is 2.58. The molecule has 0 aliphatic carbocycles. The molecule has 0 atom stereocenters. The third-order valence-electron chi connectivity index (χ3n) is 3.53. The topological polar surface area (TPSA) is 66.9 Å². The summed E-state index contributed by atoms with van der Waals surface area (Å²) in [6, 6.07) is 16.9. The molecule has 1 heterocycles. The highest BCUT2D eigenvalue weighted by atomic mass is 79.9. The van der Waals surface area contributed by atoms with Crippen molar-refractivity contribution >= 4 is 39.0 Å². The monoisotopic (exact) mass is 396 g/mol. The number of hydrogen-bond acceptors (Lipinski definition) is 4. The molecule has 0 saturated heterocycles. The van der Waals surface area contributed by atoms with Crippen molar-refractivity contribution in [3.63, 3.8) is 0 Å². The van der Waals surface area contributed by atoms with Gasteiger partial charge >= 0.3 is 0 Å². The molecular weight excluding hydrogens is 380 g/mol. The van der Waals surface area contributed by atoms with Gasteiger partial charge in [-0.3, -0.25) is 4.79 Å². The molecule has 0 aliphatic rings. The summed E-state index contributed by atoms with van der Waals surface area (Å²) in [6.07, 6.45) is 0. The summed E-state index contributed by atoms with van der Waals surface area (Å²) in [4.78, 5) is 21.1. The van der Waals surface area contributed by atoms with Crippen molar-refractivity contribution in [2.75, 3.05) is 10.6 Å². The Morgan fingerprint density at radius 2 is 1.72 bits per heavy atom.